The van der Waals surface area contributed by atoms with Gasteiger partial charge in [-0.1, -0.05) is 12.1 Å². The Hall–Kier alpha value is -2.49. The van der Waals surface area contributed by atoms with Crippen LogP contribution in [-0.2, 0) is 32.5 Å². The van der Waals surface area contributed by atoms with Crippen LogP contribution in [0, 0.1) is 0 Å². The number of benzene rings is 1. The zero-order valence-electron chi connectivity index (χ0n) is 17.3. The van der Waals surface area contributed by atoms with Crippen molar-refractivity contribution in [2.45, 2.75) is 36.3 Å². The van der Waals surface area contributed by atoms with E-state index >= 15 is 0 Å². The van der Waals surface area contributed by atoms with E-state index in [1.165, 1.54) is 4.31 Å². The lowest BCUT2D eigenvalue weighted by molar-refractivity contribution is -0.150. The number of hydrogen-bond acceptors (Lipinski definition) is 6. The minimum absolute atomic E-state index is 0.0217. The summed E-state index contributed by atoms with van der Waals surface area (Å²) in [5.41, 5.74) is 0.891. The molecule has 3 aliphatic rings. The summed E-state index contributed by atoms with van der Waals surface area (Å²) in [6.07, 6.45) is 3.74. The maximum absolute atomic E-state index is 13.3. The summed E-state index contributed by atoms with van der Waals surface area (Å²) in [4.78, 5) is 18.8. The fourth-order valence-electron chi connectivity index (χ4n) is 5.04. The highest BCUT2D eigenvalue weighted by Crippen LogP contribution is 2.47. The van der Waals surface area contributed by atoms with Gasteiger partial charge in [0.1, 0.15) is 16.6 Å². The molecule has 4 heterocycles. The van der Waals surface area contributed by atoms with E-state index < -0.39 is 20.9 Å². The Morgan fingerprint density at radius 1 is 1.23 bits per heavy atom. The molecule has 1 aromatic heterocycles. The van der Waals surface area contributed by atoms with Crippen LogP contribution in [0.2, 0.25) is 0 Å². The van der Waals surface area contributed by atoms with Crippen LogP contribution in [0.4, 0.5) is 0 Å². The number of pyridine rings is 1. The van der Waals surface area contributed by atoms with Crippen molar-refractivity contribution >= 4 is 15.9 Å². The molecule has 0 aliphatic carbocycles. The summed E-state index contributed by atoms with van der Waals surface area (Å²) in [6, 6.07) is 11.1. The molecule has 164 valence electrons. The average Bonchev–Trinajstić information content (AvgIpc) is 3.13. The van der Waals surface area contributed by atoms with Gasteiger partial charge in [-0.3, -0.25) is 9.78 Å². The van der Waals surface area contributed by atoms with Crippen molar-refractivity contribution in [3.05, 3.63) is 59.9 Å². The third-order valence-electron chi connectivity index (χ3n) is 6.46. The fraction of sp³-hybridized carbons (Fsp3) is 0.455. The predicted octanol–water partition coefficient (Wildman–Crippen LogP) is 1.22. The van der Waals surface area contributed by atoms with Gasteiger partial charge < -0.3 is 14.4 Å². The Morgan fingerprint density at radius 3 is 2.81 bits per heavy atom. The van der Waals surface area contributed by atoms with E-state index in [4.69, 9.17) is 9.47 Å². The van der Waals surface area contributed by atoms with Crippen LogP contribution >= 0.6 is 0 Å². The summed E-state index contributed by atoms with van der Waals surface area (Å²) in [5, 5.41) is -0.610. The quantitative estimate of drug-likeness (QED) is 0.690. The lowest BCUT2D eigenvalue weighted by Gasteiger charge is -2.39. The maximum atomic E-state index is 13.3. The van der Waals surface area contributed by atoms with Crippen LogP contribution in [0.1, 0.15) is 17.5 Å². The van der Waals surface area contributed by atoms with Gasteiger partial charge in [-0.05, 0) is 41.8 Å². The molecule has 5 rings (SSSR count). The predicted molar refractivity (Wildman–Crippen MR) is 113 cm³/mol. The normalized spacial score (nSPS) is 29.0. The Bertz CT molecular complexity index is 1090. The lowest BCUT2D eigenvalue weighted by Crippen LogP contribution is -2.56. The topological polar surface area (TPSA) is 89.0 Å². The molecule has 0 unspecified atom stereocenters. The molecular weight excluding hydrogens is 418 g/mol. The van der Waals surface area contributed by atoms with E-state index in [1.807, 2.05) is 36.4 Å². The number of rotatable bonds is 5. The van der Waals surface area contributed by atoms with E-state index in [-0.39, 0.29) is 31.5 Å². The lowest BCUT2D eigenvalue weighted by atomic mass is 9.99. The van der Waals surface area contributed by atoms with Gasteiger partial charge in [-0.2, -0.15) is 4.31 Å². The SMILES string of the molecule is COc1cccc(CC(=O)N2C[C@@H]3C[C@@H]4[C@@](C2)(CN(Cc2ccncc2)S4(=O)=O)O3)c1. The summed E-state index contributed by atoms with van der Waals surface area (Å²) in [7, 11) is -1.91. The standard InChI is InChI=1S/C22H25N3O5S/c1-29-18-4-2-3-17(9-18)10-21(26)24-13-19-11-20-22(14-24,30-19)15-25(31(20,27)28)12-16-5-7-23-8-6-16/h2-9,19-20H,10-15H2,1H3/t19-,20+,22+/m0/s1. The summed E-state index contributed by atoms with van der Waals surface area (Å²) in [6.45, 7) is 1.28. The number of methoxy groups -OCH3 is 1. The molecule has 1 aromatic carbocycles. The van der Waals surface area contributed by atoms with Gasteiger partial charge in [0, 0.05) is 32.0 Å². The number of carbonyl (C=O) groups is 1. The van der Waals surface area contributed by atoms with Gasteiger partial charge in [0.2, 0.25) is 15.9 Å². The number of nitrogens with zero attached hydrogens (tertiary/aromatic N) is 3. The second kappa shape index (κ2) is 7.58. The highest BCUT2D eigenvalue weighted by molar-refractivity contribution is 7.90. The van der Waals surface area contributed by atoms with E-state index in [1.54, 1.807) is 24.4 Å². The van der Waals surface area contributed by atoms with Gasteiger partial charge >= 0.3 is 0 Å². The third kappa shape index (κ3) is 3.60. The fourth-order valence-corrected chi connectivity index (χ4v) is 7.33. The molecule has 0 N–H and O–H groups in total. The van der Waals surface area contributed by atoms with E-state index in [9.17, 15) is 13.2 Å². The first-order chi connectivity index (χ1) is 14.9. The zero-order valence-corrected chi connectivity index (χ0v) is 18.1. The molecule has 2 aromatic rings. The minimum Gasteiger partial charge on any atom is -0.497 e. The van der Waals surface area contributed by atoms with Crippen LogP contribution in [0.5, 0.6) is 5.75 Å². The number of morpholine rings is 1. The average molecular weight is 444 g/mol. The molecule has 3 aliphatic heterocycles. The summed E-state index contributed by atoms with van der Waals surface area (Å²) >= 11 is 0. The van der Waals surface area contributed by atoms with Crippen molar-refractivity contribution in [3.63, 3.8) is 0 Å². The van der Waals surface area contributed by atoms with Crippen LogP contribution in [0.15, 0.2) is 48.8 Å². The van der Waals surface area contributed by atoms with Crippen molar-refractivity contribution in [3.8, 4) is 5.75 Å². The number of aromatic nitrogens is 1. The Labute approximate surface area is 181 Å². The Morgan fingerprint density at radius 2 is 2.03 bits per heavy atom. The van der Waals surface area contributed by atoms with Crippen LogP contribution in [0.3, 0.4) is 0 Å². The van der Waals surface area contributed by atoms with Crippen LogP contribution in [0.25, 0.3) is 0 Å². The molecule has 2 bridgehead atoms. The smallest absolute Gasteiger partial charge is 0.227 e. The molecule has 8 nitrogen and oxygen atoms in total. The van der Waals surface area contributed by atoms with Crippen molar-refractivity contribution in [2.75, 3.05) is 26.7 Å². The zero-order chi connectivity index (χ0) is 21.6. The first-order valence-corrected chi connectivity index (χ1v) is 11.9. The molecule has 1 amide bonds. The van der Waals surface area contributed by atoms with Gasteiger partial charge in [0.15, 0.2) is 0 Å². The van der Waals surface area contributed by atoms with Crippen molar-refractivity contribution in [1.29, 1.82) is 0 Å². The van der Waals surface area contributed by atoms with Crippen LogP contribution < -0.4 is 4.74 Å². The van der Waals surface area contributed by atoms with Gasteiger partial charge in [0.25, 0.3) is 0 Å². The number of likely N-dealkylation sites (tertiary alicyclic amines) is 1. The van der Waals surface area contributed by atoms with Crippen molar-refractivity contribution in [1.82, 2.24) is 14.2 Å². The van der Waals surface area contributed by atoms with E-state index in [2.05, 4.69) is 4.98 Å². The second-order valence-corrected chi connectivity index (χ2v) is 10.6. The Kier molecular flexibility index (Phi) is 4.99. The molecule has 9 heteroatoms. The number of sulfonamides is 1. The van der Waals surface area contributed by atoms with E-state index in [0.717, 1.165) is 11.1 Å². The number of amides is 1. The molecule has 1 spiro atoms. The third-order valence-corrected chi connectivity index (χ3v) is 8.78. The summed E-state index contributed by atoms with van der Waals surface area (Å²) in [5.74, 6) is 0.686. The second-order valence-electron chi connectivity index (χ2n) is 8.50. The number of fused-ring (bicyclic) bond motifs is 1. The molecule has 3 saturated heterocycles. The van der Waals surface area contributed by atoms with Crippen LogP contribution in [-0.4, -0.2) is 72.2 Å². The first-order valence-electron chi connectivity index (χ1n) is 10.4. The van der Waals surface area contributed by atoms with Gasteiger partial charge in [0.05, 0.1) is 26.2 Å². The molecule has 3 atom stereocenters. The van der Waals surface area contributed by atoms with Gasteiger partial charge in [-0.25, -0.2) is 8.42 Å². The first kappa shape index (κ1) is 20.4. The monoisotopic (exact) mass is 443 g/mol. The van der Waals surface area contributed by atoms with Crippen molar-refractivity contribution in [2.24, 2.45) is 0 Å². The van der Waals surface area contributed by atoms with E-state index in [0.29, 0.717) is 25.3 Å². The highest BCUT2D eigenvalue weighted by Gasteiger charge is 2.65. The minimum atomic E-state index is -3.51. The molecular formula is C22H25N3O5S. The molecule has 0 saturated carbocycles. The number of carbonyl (C=O) groups excluding carboxylic acids is 1. The largest absolute Gasteiger partial charge is 0.497 e. The van der Waals surface area contributed by atoms with Gasteiger partial charge in [-0.15, -0.1) is 0 Å². The highest BCUT2D eigenvalue weighted by atomic mass is 32.2. The molecule has 31 heavy (non-hydrogen) atoms. The maximum Gasteiger partial charge on any atom is 0.227 e. The molecule has 0 radical (unpaired) electrons. The molecule has 3 fully saturated rings. The summed E-state index contributed by atoms with van der Waals surface area (Å²) < 4.78 is 39.5. The number of hydrogen-bond donors (Lipinski definition) is 0. The van der Waals surface area contributed by atoms with Crippen molar-refractivity contribution < 1.29 is 22.7 Å². The number of ether oxygens (including phenoxy) is 2. The Balaban J connectivity index is 1.34.